The van der Waals surface area contributed by atoms with Gasteiger partial charge in [-0.15, -0.1) is 5.10 Å². The molecule has 0 fully saturated rings. The van der Waals surface area contributed by atoms with Gasteiger partial charge in [-0.25, -0.2) is 0 Å². The van der Waals surface area contributed by atoms with E-state index in [1.54, 1.807) is 18.2 Å². The highest BCUT2D eigenvalue weighted by molar-refractivity contribution is 9.10. The fourth-order valence-electron chi connectivity index (χ4n) is 2.22. The maximum absolute atomic E-state index is 11.9. The molecule has 25 heavy (non-hydrogen) atoms. The van der Waals surface area contributed by atoms with Crippen LogP contribution in [-0.2, 0) is 14.3 Å². The lowest BCUT2D eigenvalue weighted by molar-refractivity contribution is -0.135. The number of halogens is 1. The molecule has 0 N–H and O–H groups in total. The van der Waals surface area contributed by atoms with Gasteiger partial charge in [-0.1, -0.05) is 15.9 Å². The molecule has 1 amide bonds. The third-order valence-corrected chi connectivity index (χ3v) is 3.72. The van der Waals surface area contributed by atoms with Crippen molar-refractivity contribution in [3.05, 3.63) is 52.5 Å². The molecule has 1 aliphatic rings. The third kappa shape index (κ3) is 3.66. The van der Waals surface area contributed by atoms with Crippen LogP contribution in [0.25, 0.3) is 0 Å². The highest BCUT2D eigenvalue weighted by Gasteiger charge is 2.35. The molecule has 0 unspecified atom stereocenters. The normalized spacial score (nSPS) is 16.2. The molecule has 0 aliphatic carbocycles. The van der Waals surface area contributed by atoms with Gasteiger partial charge in [0.15, 0.2) is 0 Å². The van der Waals surface area contributed by atoms with Crippen molar-refractivity contribution in [1.29, 1.82) is 0 Å². The molecule has 2 heterocycles. The third-order valence-electron chi connectivity index (χ3n) is 3.23. The standard InChI is InChI=1S/C16H13BrN4O4/c1-9(22)21-16(13-8-18-5-6-19-13)25-15(20-21)12-7-11(17)3-4-14(12)24-10(2)23/h3-8,16H,1-2H3/t16-/m1/s1. The van der Waals surface area contributed by atoms with Crippen molar-refractivity contribution in [2.24, 2.45) is 5.10 Å². The van der Waals surface area contributed by atoms with Gasteiger partial charge in [0.25, 0.3) is 0 Å². The van der Waals surface area contributed by atoms with Crippen LogP contribution in [0.4, 0.5) is 0 Å². The van der Waals surface area contributed by atoms with Gasteiger partial charge in [0.05, 0.1) is 11.8 Å². The summed E-state index contributed by atoms with van der Waals surface area (Å²) in [6.07, 6.45) is 3.67. The highest BCUT2D eigenvalue weighted by atomic mass is 79.9. The number of esters is 1. The SMILES string of the molecule is CC(=O)Oc1ccc(Br)cc1C1=NN(C(C)=O)[C@@H](c2cnccn2)O1. The van der Waals surface area contributed by atoms with E-state index in [2.05, 4.69) is 31.0 Å². The second-order valence-corrected chi connectivity index (χ2v) is 6.02. The first kappa shape index (κ1) is 17.0. The fourth-order valence-corrected chi connectivity index (χ4v) is 2.58. The molecule has 0 bridgehead atoms. The van der Waals surface area contributed by atoms with Crippen molar-refractivity contribution in [3.8, 4) is 5.75 Å². The lowest BCUT2D eigenvalue weighted by Gasteiger charge is -2.17. The summed E-state index contributed by atoms with van der Waals surface area (Å²) in [4.78, 5) is 31.4. The summed E-state index contributed by atoms with van der Waals surface area (Å²) in [7, 11) is 0. The zero-order valence-electron chi connectivity index (χ0n) is 13.3. The van der Waals surface area contributed by atoms with E-state index in [1.807, 2.05) is 0 Å². The zero-order valence-corrected chi connectivity index (χ0v) is 14.9. The van der Waals surface area contributed by atoms with Crippen molar-refractivity contribution < 1.29 is 19.1 Å². The molecule has 0 radical (unpaired) electrons. The van der Waals surface area contributed by atoms with Gasteiger partial charge in [-0.05, 0) is 18.2 Å². The van der Waals surface area contributed by atoms with Crippen molar-refractivity contribution in [1.82, 2.24) is 15.0 Å². The first-order valence-electron chi connectivity index (χ1n) is 7.25. The molecule has 1 aliphatic heterocycles. The van der Waals surface area contributed by atoms with E-state index in [0.717, 1.165) is 9.48 Å². The maximum atomic E-state index is 11.9. The molecule has 3 rings (SSSR count). The number of benzene rings is 1. The van der Waals surface area contributed by atoms with Gasteiger partial charge in [0.2, 0.25) is 18.0 Å². The molecular weight excluding hydrogens is 392 g/mol. The average molecular weight is 405 g/mol. The van der Waals surface area contributed by atoms with Gasteiger partial charge in [-0.2, -0.15) is 5.01 Å². The van der Waals surface area contributed by atoms with Crippen molar-refractivity contribution in [3.63, 3.8) is 0 Å². The van der Waals surface area contributed by atoms with E-state index in [1.165, 1.54) is 32.4 Å². The largest absolute Gasteiger partial charge is 0.444 e. The number of carbonyl (C=O) groups excluding carboxylic acids is 2. The Morgan fingerprint density at radius 2 is 2.08 bits per heavy atom. The molecule has 1 aromatic heterocycles. The number of aromatic nitrogens is 2. The molecule has 0 saturated heterocycles. The minimum atomic E-state index is -0.842. The van der Waals surface area contributed by atoms with Gasteiger partial charge < -0.3 is 9.47 Å². The molecule has 2 aromatic rings. The van der Waals surface area contributed by atoms with Crippen LogP contribution >= 0.6 is 15.9 Å². The maximum Gasteiger partial charge on any atom is 0.308 e. The first-order valence-corrected chi connectivity index (χ1v) is 8.04. The lowest BCUT2D eigenvalue weighted by atomic mass is 10.2. The Bertz CT molecular complexity index is 856. The van der Waals surface area contributed by atoms with Gasteiger partial charge in [-0.3, -0.25) is 19.6 Å². The second-order valence-electron chi connectivity index (χ2n) is 5.10. The molecule has 0 spiro atoms. The van der Waals surface area contributed by atoms with Crippen LogP contribution in [-0.4, -0.2) is 32.8 Å². The Morgan fingerprint density at radius 1 is 1.28 bits per heavy atom. The summed E-state index contributed by atoms with van der Waals surface area (Å²) in [6.45, 7) is 2.67. The van der Waals surface area contributed by atoms with E-state index in [0.29, 0.717) is 11.3 Å². The highest BCUT2D eigenvalue weighted by Crippen LogP contribution is 2.33. The summed E-state index contributed by atoms with van der Waals surface area (Å²) in [5, 5.41) is 5.39. The van der Waals surface area contributed by atoms with Crippen LogP contribution in [0, 0.1) is 0 Å². The smallest absolute Gasteiger partial charge is 0.308 e. The van der Waals surface area contributed by atoms with Crippen LogP contribution in [0.3, 0.4) is 0 Å². The second kappa shape index (κ2) is 6.98. The van der Waals surface area contributed by atoms with Gasteiger partial charge in [0, 0.05) is 30.7 Å². The number of carbonyl (C=O) groups is 2. The molecule has 9 heteroatoms. The van der Waals surface area contributed by atoms with E-state index < -0.39 is 12.2 Å². The number of nitrogens with zero attached hydrogens (tertiary/aromatic N) is 4. The van der Waals surface area contributed by atoms with Crippen LogP contribution in [0.15, 0.2) is 46.4 Å². The van der Waals surface area contributed by atoms with Crippen LogP contribution in [0.1, 0.15) is 31.3 Å². The monoisotopic (exact) mass is 404 g/mol. The predicted octanol–water partition coefficient (Wildman–Crippen LogP) is 2.40. The van der Waals surface area contributed by atoms with Gasteiger partial charge >= 0.3 is 5.97 Å². The minimum absolute atomic E-state index is 0.142. The Kier molecular flexibility index (Phi) is 4.75. The Labute approximate surface area is 151 Å². The van der Waals surface area contributed by atoms with Crippen LogP contribution < -0.4 is 4.74 Å². The molecule has 128 valence electrons. The topological polar surface area (TPSA) is 94.0 Å². The Balaban J connectivity index is 2.01. The van der Waals surface area contributed by atoms with E-state index in [4.69, 9.17) is 9.47 Å². The number of amides is 1. The summed E-state index contributed by atoms with van der Waals surface area (Å²) in [5.41, 5.74) is 0.864. The average Bonchev–Trinajstić information content (AvgIpc) is 3.02. The number of hydrazone groups is 1. The van der Waals surface area contributed by atoms with Crippen molar-refractivity contribution in [2.45, 2.75) is 20.1 Å². The molecule has 8 nitrogen and oxygen atoms in total. The number of rotatable bonds is 3. The summed E-state index contributed by atoms with van der Waals surface area (Å²) in [6, 6.07) is 5.02. The Hall–Kier alpha value is -2.81. The minimum Gasteiger partial charge on any atom is -0.444 e. The van der Waals surface area contributed by atoms with Crippen LogP contribution in [0.2, 0.25) is 0 Å². The number of ether oxygens (including phenoxy) is 2. The molecule has 1 aromatic carbocycles. The Morgan fingerprint density at radius 3 is 2.72 bits per heavy atom. The fraction of sp³-hybridized carbons (Fsp3) is 0.188. The predicted molar refractivity (Wildman–Crippen MR) is 90.4 cm³/mol. The molecular formula is C16H13BrN4O4. The molecule has 0 saturated carbocycles. The molecule has 1 atom stereocenters. The van der Waals surface area contributed by atoms with Crippen molar-refractivity contribution >= 4 is 33.7 Å². The zero-order chi connectivity index (χ0) is 18.0. The quantitative estimate of drug-likeness (QED) is 0.575. The van der Waals surface area contributed by atoms with Crippen LogP contribution in [0.5, 0.6) is 5.75 Å². The summed E-state index contributed by atoms with van der Waals surface area (Å²) >= 11 is 3.36. The van der Waals surface area contributed by atoms with E-state index in [-0.39, 0.29) is 17.6 Å². The lowest BCUT2D eigenvalue weighted by Crippen LogP contribution is -2.26. The van der Waals surface area contributed by atoms with Crippen molar-refractivity contribution in [2.75, 3.05) is 0 Å². The number of hydrogen-bond donors (Lipinski definition) is 0. The first-order chi connectivity index (χ1) is 12.0. The number of hydrogen-bond acceptors (Lipinski definition) is 7. The van der Waals surface area contributed by atoms with Gasteiger partial charge in [0.1, 0.15) is 11.4 Å². The summed E-state index contributed by atoms with van der Waals surface area (Å²) in [5.74, 6) is -0.382. The summed E-state index contributed by atoms with van der Waals surface area (Å²) < 4.78 is 11.8. The van der Waals surface area contributed by atoms with E-state index >= 15 is 0 Å². The van der Waals surface area contributed by atoms with E-state index in [9.17, 15) is 9.59 Å².